The van der Waals surface area contributed by atoms with Crippen LogP contribution in [0.15, 0.2) is 60.7 Å². The highest BCUT2D eigenvalue weighted by atomic mass is 16.5. The maximum absolute atomic E-state index is 11.2. The number of fused-ring (bicyclic) bond motifs is 1. The molecule has 4 rings (SSSR count). The molecular formula is C26H26N2O5. The summed E-state index contributed by atoms with van der Waals surface area (Å²) in [4.78, 5) is 19.0. The normalized spacial score (nSPS) is 10.8. The van der Waals surface area contributed by atoms with Crippen LogP contribution in [0.2, 0.25) is 0 Å². The van der Waals surface area contributed by atoms with Crippen LogP contribution in [0, 0.1) is 0 Å². The Kier molecular flexibility index (Phi) is 6.78. The first-order valence-corrected chi connectivity index (χ1v) is 10.7. The van der Waals surface area contributed by atoms with Gasteiger partial charge in [-0.3, -0.25) is 0 Å². The first-order valence-electron chi connectivity index (χ1n) is 10.7. The van der Waals surface area contributed by atoms with Crippen LogP contribution in [0.5, 0.6) is 17.2 Å². The zero-order valence-corrected chi connectivity index (χ0v) is 18.6. The van der Waals surface area contributed by atoms with Gasteiger partial charge in [-0.1, -0.05) is 12.1 Å². The fourth-order valence-electron chi connectivity index (χ4n) is 3.62. The van der Waals surface area contributed by atoms with E-state index < -0.39 is 5.97 Å². The zero-order chi connectivity index (χ0) is 23.2. The predicted molar refractivity (Wildman–Crippen MR) is 126 cm³/mol. The second-order valence-electron chi connectivity index (χ2n) is 7.64. The zero-order valence-electron chi connectivity index (χ0n) is 18.6. The van der Waals surface area contributed by atoms with Gasteiger partial charge in [0.15, 0.2) is 11.5 Å². The fourth-order valence-corrected chi connectivity index (χ4v) is 3.62. The van der Waals surface area contributed by atoms with Gasteiger partial charge in [0.05, 0.1) is 37.4 Å². The monoisotopic (exact) mass is 446 g/mol. The molecule has 7 heteroatoms. The van der Waals surface area contributed by atoms with Crippen molar-refractivity contribution in [1.82, 2.24) is 9.97 Å². The second-order valence-corrected chi connectivity index (χ2v) is 7.64. The van der Waals surface area contributed by atoms with Gasteiger partial charge >= 0.3 is 5.97 Å². The van der Waals surface area contributed by atoms with E-state index in [0.717, 1.165) is 36.1 Å². The highest BCUT2D eigenvalue weighted by Crippen LogP contribution is 2.32. The van der Waals surface area contributed by atoms with Crippen LogP contribution in [0.25, 0.3) is 22.4 Å². The van der Waals surface area contributed by atoms with Crippen molar-refractivity contribution in [3.63, 3.8) is 0 Å². The lowest BCUT2D eigenvalue weighted by molar-refractivity contribution is 0.0697. The molecule has 0 bridgehead atoms. The Morgan fingerprint density at radius 3 is 2.48 bits per heavy atom. The smallest absolute Gasteiger partial charge is 0.335 e. The summed E-state index contributed by atoms with van der Waals surface area (Å²) >= 11 is 0. The molecule has 0 amide bonds. The van der Waals surface area contributed by atoms with Gasteiger partial charge in [0.2, 0.25) is 0 Å². The largest absolute Gasteiger partial charge is 0.497 e. The lowest BCUT2D eigenvalue weighted by atomic mass is 10.1. The van der Waals surface area contributed by atoms with Crippen molar-refractivity contribution < 1.29 is 24.1 Å². The minimum atomic E-state index is -0.978. The number of nitrogens with one attached hydrogen (secondary N) is 1. The molecule has 1 aromatic heterocycles. The molecule has 3 aromatic carbocycles. The van der Waals surface area contributed by atoms with Gasteiger partial charge in [-0.2, -0.15) is 0 Å². The third-order valence-electron chi connectivity index (χ3n) is 5.44. The molecule has 0 saturated heterocycles. The number of methoxy groups -OCH3 is 2. The number of hydrogen-bond acceptors (Lipinski definition) is 5. The van der Waals surface area contributed by atoms with Gasteiger partial charge in [-0.15, -0.1) is 0 Å². The average molecular weight is 447 g/mol. The number of aromatic nitrogens is 2. The van der Waals surface area contributed by atoms with Crippen molar-refractivity contribution in [1.29, 1.82) is 0 Å². The van der Waals surface area contributed by atoms with Gasteiger partial charge in [0.25, 0.3) is 0 Å². The van der Waals surface area contributed by atoms with Crippen molar-refractivity contribution in [2.75, 3.05) is 20.8 Å². The van der Waals surface area contributed by atoms with Crippen molar-refractivity contribution >= 4 is 17.0 Å². The molecule has 7 nitrogen and oxygen atoms in total. The molecular weight excluding hydrogens is 420 g/mol. The first kappa shape index (κ1) is 22.2. The van der Waals surface area contributed by atoms with E-state index >= 15 is 0 Å². The first-order chi connectivity index (χ1) is 16.1. The van der Waals surface area contributed by atoms with Crippen LogP contribution in [-0.2, 0) is 6.42 Å². The van der Waals surface area contributed by atoms with Gasteiger partial charge < -0.3 is 24.3 Å². The number of carbonyl (C=O) groups is 1. The standard InChI is InChI=1S/C26H26N2O5/c1-31-20-10-6-17(7-11-20)5-3-4-14-33-24-16-18(9-13-23(24)32-2)25-27-21-12-8-19(26(29)30)15-22(21)28-25/h6-13,15-16H,3-5,14H2,1-2H3,(H,27,28)(H,29,30). The number of ether oxygens (including phenoxy) is 3. The average Bonchev–Trinajstić information content (AvgIpc) is 3.27. The van der Waals surface area contributed by atoms with E-state index in [1.54, 1.807) is 32.4 Å². The lowest BCUT2D eigenvalue weighted by Crippen LogP contribution is -2.00. The van der Waals surface area contributed by atoms with Gasteiger partial charge in [-0.25, -0.2) is 9.78 Å². The summed E-state index contributed by atoms with van der Waals surface area (Å²) < 4.78 is 16.7. The fraction of sp³-hybridized carbons (Fsp3) is 0.231. The molecule has 0 radical (unpaired) electrons. The molecule has 0 fully saturated rings. The highest BCUT2D eigenvalue weighted by molar-refractivity contribution is 5.93. The van der Waals surface area contributed by atoms with Crippen molar-refractivity contribution in [3.05, 3.63) is 71.8 Å². The Morgan fingerprint density at radius 2 is 1.76 bits per heavy atom. The third-order valence-corrected chi connectivity index (χ3v) is 5.44. The minimum absolute atomic E-state index is 0.203. The van der Waals surface area contributed by atoms with E-state index in [4.69, 9.17) is 14.2 Å². The van der Waals surface area contributed by atoms with E-state index in [-0.39, 0.29) is 5.56 Å². The molecule has 0 spiro atoms. The SMILES string of the molecule is COc1ccc(CCCCOc2cc(-c3nc4cc(C(=O)O)ccc4[nH]3)ccc2OC)cc1. The Hall–Kier alpha value is -4.00. The van der Waals surface area contributed by atoms with Crippen molar-refractivity contribution in [2.24, 2.45) is 0 Å². The summed E-state index contributed by atoms with van der Waals surface area (Å²) in [6.45, 7) is 0.568. The number of hydrogen-bond donors (Lipinski definition) is 2. The molecule has 33 heavy (non-hydrogen) atoms. The Labute approximate surface area is 192 Å². The maximum atomic E-state index is 11.2. The molecule has 4 aromatic rings. The van der Waals surface area contributed by atoms with E-state index in [2.05, 4.69) is 22.1 Å². The van der Waals surface area contributed by atoms with E-state index in [1.807, 2.05) is 30.3 Å². The molecule has 0 saturated carbocycles. The Balaban J connectivity index is 1.41. The van der Waals surface area contributed by atoms with Crippen LogP contribution < -0.4 is 14.2 Å². The van der Waals surface area contributed by atoms with Crippen LogP contribution in [0.4, 0.5) is 0 Å². The molecule has 0 unspecified atom stereocenters. The molecule has 1 heterocycles. The Morgan fingerprint density at radius 1 is 0.939 bits per heavy atom. The topological polar surface area (TPSA) is 93.7 Å². The van der Waals surface area contributed by atoms with Gasteiger partial charge in [-0.05, 0) is 73.4 Å². The molecule has 0 aliphatic rings. The number of carboxylic acids is 1. The van der Waals surface area contributed by atoms with E-state index in [9.17, 15) is 9.90 Å². The lowest BCUT2D eigenvalue weighted by Gasteiger charge is -2.12. The van der Waals surface area contributed by atoms with Crippen molar-refractivity contribution in [2.45, 2.75) is 19.3 Å². The number of H-pyrrole nitrogens is 1. The van der Waals surface area contributed by atoms with Crippen LogP contribution in [0.3, 0.4) is 0 Å². The van der Waals surface area contributed by atoms with Crippen LogP contribution >= 0.6 is 0 Å². The van der Waals surface area contributed by atoms with Crippen LogP contribution in [0.1, 0.15) is 28.8 Å². The molecule has 170 valence electrons. The Bertz CT molecular complexity index is 1250. The highest BCUT2D eigenvalue weighted by Gasteiger charge is 2.12. The molecule has 0 aliphatic carbocycles. The van der Waals surface area contributed by atoms with E-state index in [0.29, 0.717) is 29.4 Å². The van der Waals surface area contributed by atoms with Gasteiger partial charge in [0.1, 0.15) is 11.6 Å². The van der Waals surface area contributed by atoms with Crippen molar-refractivity contribution in [3.8, 4) is 28.6 Å². The molecule has 0 atom stereocenters. The predicted octanol–water partition coefficient (Wildman–Crippen LogP) is 5.35. The summed E-state index contributed by atoms with van der Waals surface area (Å²) in [6, 6.07) is 18.6. The maximum Gasteiger partial charge on any atom is 0.335 e. The number of imidazole rings is 1. The minimum Gasteiger partial charge on any atom is -0.497 e. The summed E-state index contributed by atoms with van der Waals surface area (Å²) in [7, 11) is 3.28. The molecule has 2 N–H and O–H groups in total. The van der Waals surface area contributed by atoms with Crippen LogP contribution in [-0.4, -0.2) is 41.9 Å². The summed E-state index contributed by atoms with van der Waals surface area (Å²) in [5, 5.41) is 9.20. The third kappa shape index (κ3) is 5.26. The number of aromatic carboxylic acids is 1. The number of benzene rings is 3. The number of aromatic amines is 1. The van der Waals surface area contributed by atoms with Gasteiger partial charge in [0, 0.05) is 5.56 Å². The summed E-state index contributed by atoms with van der Waals surface area (Å²) in [6.07, 6.45) is 2.88. The number of unbranched alkanes of at least 4 members (excludes halogenated alkanes) is 1. The number of nitrogens with zero attached hydrogens (tertiary/aromatic N) is 1. The molecule has 0 aliphatic heterocycles. The number of aryl methyl sites for hydroxylation is 1. The number of rotatable bonds is 10. The summed E-state index contributed by atoms with van der Waals surface area (Å²) in [5.74, 6) is 1.82. The quantitative estimate of drug-likeness (QED) is 0.319. The van der Waals surface area contributed by atoms with E-state index in [1.165, 1.54) is 5.56 Å². The second kappa shape index (κ2) is 10.1. The number of carboxylic acid groups (broad SMARTS) is 1. The summed E-state index contributed by atoms with van der Waals surface area (Å²) in [5.41, 5.74) is 3.67.